The quantitative estimate of drug-likeness (QED) is 0.825. The van der Waals surface area contributed by atoms with Gasteiger partial charge in [-0.1, -0.05) is 0 Å². The van der Waals surface area contributed by atoms with Gasteiger partial charge in [-0.05, 0) is 18.6 Å². The third-order valence-electron chi connectivity index (χ3n) is 2.49. The zero-order valence-electron chi connectivity index (χ0n) is 10.1. The molecule has 0 saturated heterocycles. The van der Waals surface area contributed by atoms with Gasteiger partial charge in [-0.25, -0.2) is 0 Å². The van der Waals surface area contributed by atoms with Gasteiger partial charge in [0.15, 0.2) is 0 Å². The molecule has 0 aliphatic carbocycles. The number of rotatable bonds is 4. The molecule has 0 radical (unpaired) electrons. The van der Waals surface area contributed by atoms with Gasteiger partial charge in [0.05, 0.1) is 30.2 Å². The van der Waals surface area contributed by atoms with Crippen LogP contribution in [0.2, 0.25) is 0 Å². The second kappa shape index (κ2) is 5.31. The van der Waals surface area contributed by atoms with E-state index in [1.165, 1.54) is 6.20 Å². The van der Waals surface area contributed by atoms with Crippen LogP contribution in [-0.2, 0) is 6.54 Å². The standard InChI is InChI=1S/C12H15N5O/c1-9-6-16-17(8-9)5-4-15-12(18)10-2-3-14-7-11(10)13/h2-3,6-8H,4-5,13H2,1H3,(H,15,18). The number of carbonyl (C=O) groups is 1. The molecule has 1 amide bonds. The van der Waals surface area contributed by atoms with Crippen LogP contribution in [-0.4, -0.2) is 27.2 Å². The summed E-state index contributed by atoms with van der Waals surface area (Å²) in [6, 6.07) is 1.60. The topological polar surface area (TPSA) is 85.8 Å². The van der Waals surface area contributed by atoms with Gasteiger partial charge in [-0.2, -0.15) is 5.10 Å². The minimum Gasteiger partial charge on any atom is -0.397 e. The lowest BCUT2D eigenvalue weighted by atomic mass is 10.2. The summed E-state index contributed by atoms with van der Waals surface area (Å²) in [7, 11) is 0. The Labute approximate surface area is 105 Å². The zero-order valence-corrected chi connectivity index (χ0v) is 10.1. The number of pyridine rings is 1. The van der Waals surface area contributed by atoms with E-state index in [4.69, 9.17) is 5.73 Å². The Balaban J connectivity index is 1.87. The second-order valence-electron chi connectivity index (χ2n) is 4.00. The van der Waals surface area contributed by atoms with Crippen LogP contribution in [0.1, 0.15) is 15.9 Å². The molecule has 0 aromatic carbocycles. The molecular weight excluding hydrogens is 230 g/mol. The van der Waals surface area contributed by atoms with E-state index < -0.39 is 0 Å². The number of aromatic nitrogens is 3. The molecular formula is C12H15N5O. The van der Waals surface area contributed by atoms with Crippen LogP contribution in [0, 0.1) is 6.92 Å². The molecule has 0 spiro atoms. The highest BCUT2D eigenvalue weighted by atomic mass is 16.1. The van der Waals surface area contributed by atoms with E-state index in [1.807, 2.05) is 13.1 Å². The number of hydrogen-bond acceptors (Lipinski definition) is 4. The Morgan fingerprint density at radius 3 is 3.00 bits per heavy atom. The molecule has 94 valence electrons. The number of carbonyl (C=O) groups excluding carboxylic acids is 1. The fourth-order valence-electron chi connectivity index (χ4n) is 1.58. The Morgan fingerprint density at radius 2 is 2.33 bits per heavy atom. The first-order chi connectivity index (χ1) is 8.66. The lowest BCUT2D eigenvalue weighted by Crippen LogP contribution is -2.28. The molecule has 0 aliphatic rings. The highest BCUT2D eigenvalue weighted by molar-refractivity contribution is 5.98. The monoisotopic (exact) mass is 245 g/mol. The molecule has 6 heteroatoms. The highest BCUT2D eigenvalue weighted by Gasteiger charge is 2.08. The van der Waals surface area contributed by atoms with Gasteiger partial charge in [0.2, 0.25) is 0 Å². The Hall–Kier alpha value is -2.37. The SMILES string of the molecule is Cc1cnn(CCNC(=O)c2ccncc2N)c1. The summed E-state index contributed by atoms with van der Waals surface area (Å²) in [5.74, 6) is -0.196. The molecule has 3 N–H and O–H groups in total. The van der Waals surface area contributed by atoms with Crippen LogP contribution in [0.15, 0.2) is 30.9 Å². The number of nitrogens with two attached hydrogens (primary N) is 1. The van der Waals surface area contributed by atoms with E-state index in [0.29, 0.717) is 24.3 Å². The molecule has 2 rings (SSSR count). The number of anilines is 1. The van der Waals surface area contributed by atoms with Crippen molar-refractivity contribution in [1.82, 2.24) is 20.1 Å². The summed E-state index contributed by atoms with van der Waals surface area (Å²) in [6.07, 6.45) is 6.71. The number of aryl methyl sites for hydroxylation is 1. The third kappa shape index (κ3) is 2.85. The summed E-state index contributed by atoms with van der Waals surface area (Å²) in [6.45, 7) is 3.10. The van der Waals surface area contributed by atoms with Crippen molar-refractivity contribution < 1.29 is 4.79 Å². The summed E-state index contributed by atoms with van der Waals surface area (Å²) in [5, 5.41) is 6.92. The van der Waals surface area contributed by atoms with E-state index >= 15 is 0 Å². The minimum absolute atomic E-state index is 0.196. The first-order valence-corrected chi connectivity index (χ1v) is 5.63. The number of hydrogen-bond donors (Lipinski definition) is 2. The molecule has 6 nitrogen and oxygen atoms in total. The van der Waals surface area contributed by atoms with E-state index in [-0.39, 0.29) is 5.91 Å². The third-order valence-corrected chi connectivity index (χ3v) is 2.49. The van der Waals surface area contributed by atoms with Gasteiger partial charge in [-0.15, -0.1) is 0 Å². The molecule has 0 saturated carbocycles. The number of nitrogens with one attached hydrogen (secondary N) is 1. The van der Waals surface area contributed by atoms with Gasteiger partial charge in [-0.3, -0.25) is 14.5 Å². The average Bonchev–Trinajstić information content (AvgIpc) is 2.75. The Morgan fingerprint density at radius 1 is 1.50 bits per heavy atom. The van der Waals surface area contributed by atoms with E-state index in [2.05, 4.69) is 15.4 Å². The van der Waals surface area contributed by atoms with E-state index in [1.54, 1.807) is 23.1 Å². The van der Waals surface area contributed by atoms with Gasteiger partial charge < -0.3 is 11.1 Å². The van der Waals surface area contributed by atoms with Crippen LogP contribution in [0.3, 0.4) is 0 Å². The van der Waals surface area contributed by atoms with Gasteiger partial charge in [0.25, 0.3) is 5.91 Å². The minimum atomic E-state index is -0.196. The second-order valence-corrected chi connectivity index (χ2v) is 4.00. The van der Waals surface area contributed by atoms with Crippen molar-refractivity contribution in [3.63, 3.8) is 0 Å². The molecule has 0 bridgehead atoms. The maximum atomic E-state index is 11.8. The van der Waals surface area contributed by atoms with Crippen LogP contribution in [0.4, 0.5) is 5.69 Å². The van der Waals surface area contributed by atoms with Crippen molar-refractivity contribution in [3.8, 4) is 0 Å². The molecule has 2 heterocycles. The number of nitrogen functional groups attached to an aromatic ring is 1. The Kier molecular flexibility index (Phi) is 3.57. The number of amides is 1. The van der Waals surface area contributed by atoms with Crippen LogP contribution < -0.4 is 11.1 Å². The normalized spacial score (nSPS) is 10.3. The van der Waals surface area contributed by atoms with Crippen LogP contribution in [0.5, 0.6) is 0 Å². The van der Waals surface area contributed by atoms with Crippen molar-refractivity contribution in [1.29, 1.82) is 0 Å². The van der Waals surface area contributed by atoms with Crippen LogP contribution >= 0.6 is 0 Å². The maximum absolute atomic E-state index is 11.8. The van der Waals surface area contributed by atoms with Crippen LogP contribution in [0.25, 0.3) is 0 Å². The summed E-state index contributed by atoms with van der Waals surface area (Å²) >= 11 is 0. The molecule has 0 fully saturated rings. The first-order valence-electron chi connectivity index (χ1n) is 5.63. The van der Waals surface area contributed by atoms with Crippen molar-refractivity contribution in [2.45, 2.75) is 13.5 Å². The van der Waals surface area contributed by atoms with E-state index in [9.17, 15) is 4.79 Å². The molecule has 0 aliphatic heterocycles. The first kappa shape index (κ1) is 12.1. The van der Waals surface area contributed by atoms with Crippen molar-refractivity contribution in [2.24, 2.45) is 0 Å². The fraction of sp³-hybridized carbons (Fsp3) is 0.250. The lowest BCUT2D eigenvalue weighted by molar-refractivity contribution is 0.0952. The van der Waals surface area contributed by atoms with Crippen molar-refractivity contribution >= 4 is 11.6 Å². The highest BCUT2D eigenvalue weighted by Crippen LogP contribution is 2.07. The molecule has 18 heavy (non-hydrogen) atoms. The van der Waals surface area contributed by atoms with Gasteiger partial charge in [0, 0.05) is 18.9 Å². The molecule has 0 atom stereocenters. The predicted octanol–water partition coefficient (Wildman–Crippen LogP) is 0.599. The Bertz CT molecular complexity index is 549. The largest absolute Gasteiger partial charge is 0.397 e. The van der Waals surface area contributed by atoms with E-state index in [0.717, 1.165) is 5.56 Å². The summed E-state index contributed by atoms with van der Waals surface area (Å²) in [5.41, 5.74) is 7.59. The average molecular weight is 245 g/mol. The molecule has 2 aromatic rings. The zero-order chi connectivity index (χ0) is 13.0. The van der Waals surface area contributed by atoms with Gasteiger partial charge >= 0.3 is 0 Å². The number of nitrogens with zero attached hydrogens (tertiary/aromatic N) is 3. The summed E-state index contributed by atoms with van der Waals surface area (Å²) in [4.78, 5) is 15.7. The molecule has 0 unspecified atom stereocenters. The van der Waals surface area contributed by atoms with Gasteiger partial charge in [0.1, 0.15) is 0 Å². The predicted molar refractivity (Wildman–Crippen MR) is 67.9 cm³/mol. The lowest BCUT2D eigenvalue weighted by Gasteiger charge is -2.07. The van der Waals surface area contributed by atoms with Crippen molar-refractivity contribution in [3.05, 3.63) is 42.0 Å². The summed E-state index contributed by atoms with van der Waals surface area (Å²) < 4.78 is 1.78. The molecule has 2 aromatic heterocycles. The van der Waals surface area contributed by atoms with Crippen molar-refractivity contribution in [2.75, 3.05) is 12.3 Å². The fourth-order valence-corrected chi connectivity index (χ4v) is 1.58. The maximum Gasteiger partial charge on any atom is 0.253 e. The smallest absolute Gasteiger partial charge is 0.253 e.